The summed E-state index contributed by atoms with van der Waals surface area (Å²) < 4.78 is 51.1. The molecule has 2 aromatic carbocycles. The molecule has 0 aliphatic rings. The third kappa shape index (κ3) is 3.80. The Labute approximate surface area is 144 Å². The predicted molar refractivity (Wildman–Crippen MR) is 91.1 cm³/mol. The number of nitrogens with zero attached hydrogens (tertiary/aromatic N) is 1. The molecule has 8 heteroatoms. The van der Waals surface area contributed by atoms with E-state index in [9.17, 15) is 12.8 Å². The summed E-state index contributed by atoms with van der Waals surface area (Å²) in [6, 6.07) is 10.7. The Morgan fingerprint density at radius 1 is 1.28 bits per heavy atom. The second kappa shape index (κ2) is 6.81. The van der Waals surface area contributed by atoms with E-state index in [2.05, 4.69) is 9.88 Å². The van der Waals surface area contributed by atoms with Crippen molar-refractivity contribution in [2.75, 3.05) is 7.11 Å². The molecule has 0 amide bonds. The lowest BCUT2D eigenvalue weighted by Gasteiger charge is -2.15. The maximum Gasteiger partial charge on any atom is 0.218 e. The van der Waals surface area contributed by atoms with Crippen LogP contribution >= 0.6 is 0 Å². The van der Waals surface area contributed by atoms with Crippen LogP contribution in [0.2, 0.25) is 0 Å². The van der Waals surface area contributed by atoms with E-state index in [-0.39, 0.29) is 11.5 Å². The number of para-hydroxylation sites is 1. The van der Waals surface area contributed by atoms with Gasteiger partial charge in [-0.2, -0.15) is 0 Å². The van der Waals surface area contributed by atoms with Crippen LogP contribution in [0.5, 0.6) is 5.75 Å². The van der Waals surface area contributed by atoms with E-state index in [1.54, 1.807) is 37.3 Å². The Morgan fingerprint density at radius 3 is 2.76 bits per heavy atom. The highest BCUT2D eigenvalue weighted by Crippen LogP contribution is 2.23. The molecule has 3 rings (SSSR count). The minimum Gasteiger partial charge on any atom is -0.494 e. The number of ether oxygens (including phenoxy) is 1. The SMILES string of the molecule is COc1ccc(C(C)NS(=O)(=O)Cc2noc3ccccc23)cc1F. The Hall–Kier alpha value is -2.45. The quantitative estimate of drug-likeness (QED) is 0.727. The van der Waals surface area contributed by atoms with Gasteiger partial charge in [0.25, 0.3) is 0 Å². The Balaban J connectivity index is 1.78. The number of methoxy groups -OCH3 is 1. The highest BCUT2D eigenvalue weighted by molar-refractivity contribution is 7.88. The summed E-state index contributed by atoms with van der Waals surface area (Å²) in [5.74, 6) is -0.770. The van der Waals surface area contributed by atoms with Crippen molar-refractivity contribution in [2.45, 2.75) is 18.7 Å². The molecule has 0 radical (unpaired) electrons. The van der Waals surface area contributed by atoms with E-state index in [4.69, 9.17) is 9.26 Å². The number of nitrogens with one attached hydrogen (secondary N) is 1. The Kier molecular flexibility index (Phi) is 4.73. The number of halogens is 1. The van der Waals surface area contributed by atoms with Crippen LogP contribution in [-0.2, 0) is 15.8 Å². The fraction of sp³-hybridized carbons (Fsp3) is 0.235. The van der Waals surface area contributed by atoms with Gasteiger partial charge in [-0.05, 0) is 36.8 Å². The summed E-state index contributed by atoms with van der Waals surface area (Å²) in [6.45, 7) is 1.64. The largest absolute Gasteiger partial charge is 0.494 e. The fourth-order valence-electron chi connectivity index (χ4n) is 2.55. The lowest BCUT2D eigenvalue weighted by Crippen LogP contribution is -2.28. The highest BCUT2D eigenvalue weighted by Gasteiger charge is 2.21. The summed E-state index contributed by atoms with van der Waals surface area (Å²) in [4.78, 5) is 0. The van der Waals surface area contributed by atoms with Crippen molar-refractivity contribution >= 4 is 21.0 Å². The highest BCUT2D eigenvalue weighted by atomic mass is 32.2. The number of aromatic nitrogens is 1. The van der Waals surface area contributed by atoms with E-state index in [1.807, 2.05) is 0 Å². The molecule has 132 valence electrons. The molecule has 0 saturated heterocycles. The van der Waals surface area contributed by atoms with Crippen molar-refractivity contribution in [3.8, 4) is 5.75 Å². The third-order valence-electron chi connectivity index (χ3n) is 3.81. The predicted octanol–water partition coefficient (Wildman–Crippen LogP) is 3.16. The number of hydrogen-bond acceptors (Lipinski definition) is 5. The van der Waals surface area contributed by atoms with Gasteiger partial charge in [0.05, 0.1) is 7.11 Å². The third-order valence-corrected chi connectivity index (χ3v) is 5.18. The first-order chi connectivity index (χ1) is 11.9. The second-order valence-electron chi connectivity index (χ2n) is 5.62. The van der Waals surface area contributed by atoms with Gasteiger partial charge < -0.3 is 9.26 Å². The Bertz CT molecular complexity index is 1000. The van der Waals surface area contributed by atoms with Crippen LogP contribution in [0.25, 0.3) is 11.0 Å². The molecule has 0 bridgehead atoms. The monoisotopic (exact) mass is 364 g/mol. The number of benzene rings is 2. The molecule has 6 nitrogen and oxygen atoms in total. The first-order valence-electron chi connectivity index (χ1n) is 7.56. The van der Waals surface area contributed by atoms with Gasteiger partial charge >= 0.3 is 0 Å². The molecule has 1 heterocycles. The van der Waals surface area contributed by atoms with E-state index >= 15 is 0 Å². The van der Waals surface area contributed by atoms with Gasteiger partial charge in [-0.1, -0.05) is 23.4 Å². The van der Waals surface area contributed by atoms with Crippen molar-refractivity contribution in [3.05, 3.63) is 59.5 Å². The molecule has 1 unspecified atom stereocenters. The number of fused-ring (bicyclic) bond motifs is 1. The van der Waals surface area contributed by atoms with Crippen LogP contribution in [0.15, 0.2) is 47.0 Å². The van der Waals surface area contributed by atoms with Crippen LogP contribution in [0.3, 0.4) is 0 Å². The van der Waals surface area contributed by atoms with Crippen molar-refractivity contribution in [2.24, 2.45) is 0 Å². The topological polar surface area (TPSA) is 81.4 Å². The van der Waals surface area contributed by atoms with Gasteiger partial charge in [0.15, 0.2) is 17.1 Å². The summed E-state index contributed by atoms with van der Waals surface area (Å²) >= 11 is 0. The van der Waals surface area contributed by atoms with Gasteiger partial charge in [-0.15, -0.1) is 0 Å². The van der Waals surface area contributed by atoms with Gasteiger partial charge in [0.2, 0.25) is 10.0 Å². The van der Waals surface area contributed by atoms with Crippen LogP contribution in [0.4, 0.5) is 4.39 Å². The summed E-state index contributed by atoms with van der Waals surface area (Å²) in [6.07, 6.45) is 0. The number of sulfonamides is 1. The lowest BCUT2D eigenvalue weighted by atomic mass is 10.1. The van der Waals surface area contributed by atoms with Crippen LogP contribution in [0, 0.1) is 5.82 Å². The molecule has 1 N–H and O–H groups in total. The van der Waals surface area contributed by atoms with Crippen molar-refractivity contribution in [1.82, 2.24) is 9.88 Å². The van der Waals surface area contributed by atoms with Gasteiger partial charge in [-0.25, -0.2) is 17.5 Å². The minimum absolute atomic E-state index is 0.105. The molecule has 1 aromatic heterocycles. The molecular formula is C17H17FN2O4S. The van der Waals surface area contributed by atoms with Gasteiger partial charge in [-0.3, -0.25) is 0 Å². The fourth-order valence-corrected chi connectivity index (χ4v) is 3.88. The average Bonchev–Trinajstić information content (AvgIpc) is 2.97. The first kappa shape index (κ1) is 17.4. The normalized spacial score (nSPS) is 13.1. The molecule has 0 aliphatic carbocycles. The standard InChI is InChI=1S/C17H17FN2O4S/c1-11(12-7-8-17(23-2)14(18)9-12)20-25(21,22)10-15-13-5-3-4-6-16(13)24-19-15/h3-9,11,20H,10H2,1-2H3. The summed E-state index contributed by atoms with van der Waals surface area (Å²) in [7, 11) is -2.33. The molecule has 3 aromatic rings. The Morgan fingerprint density at radius 2 is 2.04 bits per heavy atom. The van der Waals surface area contributed by atoms with E-state index < -0.39 is 21.9 Å². The summed E-state index contributed by atoms with van der Waals surface area (Å²) in [5, 5.41) is 4.48. The van der Waals surface area contributed by atoms with Crippen LogP contribution in [0.1, 0.15) is 24.2 Å². The number of rotatable bonds is 6. The molecule has 1 atom stereocenters. The van der Waals surface area contributed by atoms with Crippen LogP contribution in [-0.4, -0.2) is 20.7 Å². The zero-order valence-corrected chi connectivity index (χ0v) is 14.5. The minimum atomic E-state index is -3.70. The molecule has 0 spiro atoms. The zero-order valence-electron chi connectivity index (χ0n) is 13.7. The molecular weight excluding hydrogens is 347 g/mol. The zero-order chi connectivity index (χ0) is 18.0. The summed E-state index contributed by atoms with van der Waals surface area (Å²) in [5.41, 5.74) is 1.35. The average molecular weight is 364 g/mol. The lowest BCUT2D eigenvalue weighted by molar-refractivity contribution is 0.386. The van der Waals surface area contributed by atoms with Gasteiger partial charge in [0, 0.05) is 11.4 Å². The van der Waals surface area contributed by atoms with Gasteiger partial charge in [0.1, 0.15) is 11.4 Å². The van der Waals surface area contributed by atoms with E-state index in [0.29, 0.717) is 22.2 Å². The van der Waals surface area contributed by atoms with Crippen molar-refractivity contribution in [1.29, 1.82) is 0 Å². The molecule has 25 heavy (non-hydrogen) atoms. The molecule has 0 fully saturated rings. The first-order valence-corrected chi connectivity index (χ1v) is 9.21. The van der Waals surface area contributed by atoms with Crippen molar-refractivity contribution in [3.63, 3.8) is 0 Å². The smallest absolute Gasteiger partial charge is 0.218 e. The number of hydrogen-bond donors (Lipinski definition) is 1. The molecule has 0 aliphatic heterocycles. The second-order valence-corrected chi connectivity index (χ2v) is 7.37. The maximum atomic E-state index is 13.8. The molecule has 0 saturated carbocycles. The maximum absolute atomic E-state index is 13.8. The van der Waals surface area contributed by atoms with E-state index in [1.165, 1.54) is 19.2 Å². The van der Waals surface area contributed by atoms with Crippen molar-refractivity contribution < 1.29 is 22.1 Å². The van der Waals surface area contributed by atoms with Crippen LogP contribution < -0.4 is 9.46 Å². The van der Waals surface area contributed by atoms with E-state index in [0.717, 1.165) is 0 Å².